The van der Waals surface area contributed by atoms with Gasteiger partial charge >= 0.3 is 5.97 Å². The summed E-state index contributed by atoms with van der Waals surface area (Å²) in [5, 5.41) is 8.83. The second kappa shape index (κ2) is 7.99. The smallest absolute Gasteiger partial charge is 0.342 e. The van der Waals surface area contributed by atoms with Crippen LogP contribution in [-0.2, 0) is 27.6 Å². The van der Waals surface area contributed by atoms with Gasteiger partial charge in [-0.3, -0.25) is 4.79 Å². The fourth-order valence-electron chi connectivity index (χ4n) is 2.74. The Kier molecular flexibility index (Phi) is 5.68. The van der Waals surface area contributed by atoms with Crippen molar-refractivity contribution in [3.8, 4) is 0 Å². The number of hydrogen-bond acceptors (Lipinski definition) is 6. The Labute approximate surface area is 155 Å². The molecule has 2 heterocycles. The maximum atomic E-state index is 12.6. The lowest BCUT2D eigenvalue weighted by Crippen LogP contribution is -2.40. The van der Waals surface area contributed by atoms with E-state index in [9.17, 15) is 18.0 Å². The van der Waals surface area contributed by atoms with Gasteiger partial charge in [-0.1, -0.05) is 12.1 Å². The van der Waals surface area contributed by atoms with E-state index in [0.717, 1.165) is 11.8 Å². The van der Waals surface area contributed by atoms with Crippen LogP contribution in [0.15, 0.2) is 40.2 Å². The predicted octanol–water partition coefficient (Wildman–Crippen LogP) is 0.274. The highest BCUT2D eigenvalue weighted by Crippen LogP contribution is 2.18. The number of aromatic amines is 1. The van der Waals surface area contributed by atoms with Crippen LogP contribution in [0.25, 0.3) is 0 Å². The Hall–Kier alpha value is -2.56. The number of carboxylic acids is 1. The molecule has 0 atom stereocenters. The minimum atomic E-state index is -3.53. The molecular weight excluding hydrogens is 374 g/mol. The van der Waals surface area contributed by atoms with Crippen LogP contribution in [0.2, 0.25) is 0 Å². The predicted molar refractivity (Wildman–Crippen MR) is 95.2 cm³/mol. The van der Waals surface area contributed by atoms with E-state index in [4.69, 9.17) is 9.84 Å². The van der Waals surface area contributed by atoms with E-state index < -0.39 is 27.1 Å². The molecule has 1 aromatic heterocycles. The van der Waals surface area contributed by atoms with Crippen LogP contribution in [0.4, 0.5) is 0 Å². The van der Waals surface area contributed by atoms with E-state index in [2.05, 4.69) is 9.97 Å². The van der Waals surface area contributed by atoms with Gasteiger partial charge in [-0.25, -0.2) is 18.2 Å². The lowest BCUT2D eigenvalue weighted by atomic mass is 10.1. The first kappa shape index (κ1) is 19.2. The number of ether oxygens (including phenoxy) is 1. The first-order valence-corrected chi connectivity index (χ1v) is 9.80. The van der Waals surface area contributed by atoms with Gasteiger partial charge in [0, 0.05) is 25.7 Å². The summed E-state index contributed by atoms with van der Waals surface area (Å²) in [7, 11) is -3.53. The minimum Gasteiger partial charge on any atom is -0.477 e. The summed E-state index contributed by atoms with van der Waals surface area (Å²) >= 11 is 0. The summed E-state index contributed by atoms with van der Waals surface area (Å²) in [5.41, 5.74) is -0.225. The first-order chi connectivity index (χ1) is 12.9. The Bertz CT molecular complexity index is 978. The van der Waals surface area contributed by atoms with Crippen molar-refractivity contribution in [1.29, 1.82) is 0 Å². The molecule has 0 radical (unpaired) electrons. The molecule has 1 fully saturated rings. The average Bonchev–Trinajstić information content (AvgIpc) is 2.67. The van der Waals surface area contributed by atoms with Crippen molar-refractivity contribution in [2.45, 2.75) is 17.7 Å². The Morgan fingerprint density at radius 1 is 1.19 bits per heavy atom. The zero-order valence-corrected chi connectivity index (χ0v) is 15.2. The Morgan fingerprint density at radius 2 is 1.85 bits per heavy atom. The molecule has 3 rings (SSSR count). The van der Waals surface area contributed by atoms with E-state index in [-0.39, 0.29) is 4.90 Å². The number of carboxylic acid groups (broad SMARTS) is 1. The molecule has 0 unspecified atom stereocenters. The molecular formula is C17H19N3O6S. The standard InChI is InChI=1S/C17H19N3O6S/c21-16-14(17(22)23)11-18-15(19-16)6-3-12-1-4-13(5-2-12)27(24,25)20-7-9-26-10-8-20/h1-2,4-5,11H,3,6-10H2,(H,22,23)(H,18,19,21). The number of carbonyl (C=O) groups is 1. The molecule has 0 amide bonds. The van der Waals surface area contributed by atoms with Gasteiger partial charge in [-0.05, 0) is 24.1 Å². The topological polar surface area (TPSA) is 130 Å². The van der Waals surface area contributed by atoms with Gasteiger partial charge in [-0.15, -0.1) is 0 Å². The summed E-state index contributed by atoms with van der Waals surface area (Å²) in [5.74, 6) is -0.956. The molecule has 0 bridgehead atoms. The molecule has 10 heteroatoms. The summed E-state index contributed by atoms with van der Waals surface area (Å²) in [6, 6.07) is 6.56. The number of aromatic carboxylic acids is 1. The van der Waals surface area contributed by atoms with Crippen LogP contribution in [0, 0.1) is 0 Å². The molecule has 27 heavy (non-hydrogen) atoms. The van der Waals surface area contributed by atoms with Crippen molar-refractivity contribution in [2.24, 2.45) is 0 Å². The molecule has 0 saturated carbocycles. The largest absolute Gasteiger partial charge is 0.477 e. The number of morpholine rings is 1. The average molecular weight is 393 g/mol. The molecule has 1 saturated heterocycles. The molecule has 0 spiro atoms. The van der Waals surface area contributed by atoms with Gasteiger partial charge < -0.3 is 14.8 Å². The molecule has 144 valence electrons. The number of H-pyrrole nitrogens is 1. The quantitative estimate of drug-likeness (QED) is 0.721. The van der Waals surface area contributed by atoms with Crippen molar-refractivity contribution in [1.82, 2.24) is 14.3 Å². The molecule has 1 aliphatic heterocycles. The van der Waals surface area contributed by atoms with Gasteiger partial charge in [0.05, 0.1) is 18.1 Å². The van der Waals surface area contributed by atoms with E-state index >= 15 is 0 Å². The van der Waals surface area contributed by atoms with E-state index in [1.54, 1.807) is 24.3 Å². The number of benzene rings is 1. The Balaban J connectivity index is 1.66. The molecule has 0 aliphatic carbocycles. The third kappa shape index (κ3) is 4.41. The maximum absolute atomic E-state index is 12.6. The van der Waals surface area contributed by atoms with Crippen molar-refractivity contribution in [3.63, 3.8) is 0 Å². The zero-order valence-electron chi connectivity index (χ0n) is 14.4. The number of sulfonamides is 1. The SMILES string of the molecule is O=C(O)c1cnc(CCc2ccc(S(=O)(=O)N3CCOCC3)cc2)[nH]c1=O. The monoisotopic (exact) mass is 393 g/mol. The number of nitrogens with zero attached hydrogens (tertiary/aromatic N) is 2. The second-order valence-corrected chi connectivity index (χ2v) is 7.98. The lowest BCUT2D eigenvalue weighted by molar-refractivity contribution is 0.0694. The van der Waals surface area contributed by atoms with Crippen LogP contribution in [-0.4, -0.2) is 60.1 Å². The van der Waals surface area contributed by atoms with Crippen LogP contribution in [0.5, 0.6) is 0 Å². The first-order valence-electron chi connectivity index (χ1n) is 8.36. The highest BCUT2D eigenvalue weighted by atomic mass is 32.2. The third-order valence-corrected chi connectivity index (χ3v) is 6.18. The van der Waals surface area contributed by atoms with Crippen molar-refractivity contribution in [3.05, 3.63) is 57.8 Å². The molecule has 9 nitrogen and oxygen atoms in total. The van der Waals surface area contributed by atoms with Crippen LogP contribution in [0.3, 0.4) is 0 Å². The highest BCUT2D eigenvalue weighted by Gasteiger charge is 2.26. The van der Waals surface area contributed by atoms with Crippen molar-refractivity contribution >= 4 is 16.0 Å². The van der Waals surface area contributed by atoms with E-state index in [0.29, 0.717) is 45.0 Å². The molecule has 1 aliphatic rings. The van der Waals surface area contributed by atoms with Crippen LogP contribution >= 0.6 is 0 Å². The zero-order chi connectivity index (χ0) is 19.4. The number of hydrogen-bond donors (Lipinski definition) is 2. The number of aryl methyl sites for hydroxylation is 2. The fourth-order valence-corrected chi connectivity index (χ4v) is 4.15. The van der Waals surface area contributed by atoms with Gasteiger partial charge in [-0.2, -0.15) is 4.31 Å². The summed E-state index contributed by atoms with van der Waals surface area (Å²) in [6.07, 6.45) is 1.95. The molecule has 2 aromatic rings. The van der Waals surface area contributed by atoms with E-state index in [1.165, 1.54) is 4.31 Å². The number of nitrogens with one attached hydrogen (secondary N) is 1. The Morgan fingerprint density at radius 3 is 2.44 bits per heavy atom. The normalized spacial score (nSPS) is 15.6. The van der Waals surface area contributed by atoms with Crippen LogP contribution in [0.1, 0.15) is 21.7 Å². The summed E-state index contributed by atoms with van der Waals surface area (Å²) in [4.78, 5) is 29.1. The summed E-state index contributed by atoms with van der Waals surface area (Å²) < 4.78 is 31.7. The number of aromatic nitrogens is 2. The third-order valence-electron chi connectivity index (χ3n) is 4.26. The van der Waals surface area contributed by atoms with E-state index in [1.807, 2.05) is 0 Å². The highest BCUT2D eigenvalue weighted by molar-refractivity contribution is 7.89. The van der Waals surface area contributed by atoms with Gasteiger partial charge in [0.15, 0.2) is 0 Å². The minimum absolute atomic E-state index is 0.227. The fraction of sp³-hybridized carbons (Fsp3) is 0.353. The second-order valence-electron chi connectivity index (χ2n) is 6.04. The lowest BCUT2D eigenvalue weighted by Gasteiger charge is -2.26. The van der Waals surface area contributed by atoms with Gasteiger partial charge in [0.2, 0.25) is 10.0 Å². The maximum Gasteiger partial charge on any atom is 0.342 e. The molecule has 2 N–H and O–H groups in total. The van der Waals surface area contributed by atoms with Crippen molar-refractivity contribution in [2.75, 3.05) is 26.3 Å². The van der Waals surface area contributed by atoms with Crippen LogP contribution < -0.4 is 5.56 Å². The molecule has 1 aromatic carbocycles. The van der Waals surface area contributed by atoms with Gasteiger partial charge in [0.25, 0.3) is 5.56 Å². The van der Waals surface area contributed by atoms with Crippen molar-refractivity contribution < 1.29 is 23.1 Å². The summed E-state index contributed by atoms with van der Waals surface area (Å²) in [6.45, 7) is 1.47. The number of rotatable bonds is 6. The van der Waals surface area contributed by atoms with Gasteiger partial charge in [0.1, 0.15) is 11.4 Å².